The van der Waals surface area contributed by atoms with Gasteiger partial charge in [0.1, 0.15) is 0 Å². The number of hydrogen-bond donors (Lipinski definition) is 2. The lowest BCUT2D eigenvalue weighted by Crippen LogP contribution is -2.55. The Morgan fingerprint density at radius 1 is 1.03 bits per heavy atom. The fraction of sp³-hybridized carbons (Fsp3) is 0.500. The molecule has 6 rings (SSSR count). The van der Waals surface area contributed by atoms with Gasteiger partial charge in [0.2, 0.25) is 10.0 Å². The van der Waals surface area contributed by atoms with Crippen LogP contribution in [0.2, 0.25) is 5.02 Å². The summed E-state index contributed by atoms with van der Waals surface area (Å²) in [5.74, 6) is 1.97. The first-order valence-corrected chi connectivity index (χ1v) is 13.7. The Bertz CT molecular complexity index is 1110. The van der Waals surface area contributed by atoms with Gasteiger partial charge < -0.3 is 5.32 Å². The van der Waals surface area contributed by atoms with E-state index < -0.39 is 10.0 Å². The van der Waals surface area contributed by atoms with Crippen molar-refractivity contribution in [3.05, 3.63) is 64.7 Å². The molecule has 33 heavy (non-hydrogen) atoms. The van der Waals surface area contributed by atoms with Crippen LogP contribution in [0.15, 0.2) is 53.4 Å². The van der Waals surface area contributed by atoms with E-state index in [1.165, 1.54) is 25.3 Å². The monoisotopic (exact) mass is 486 g/mol. The minimum Gasteiger partial charge on any atom is -0.348 e. The smallest absolute Gasteiger partial charge is 0.251 e. The van der Waals surface area contributed by atoms with Crippen molar-refractivity contribution in [1.82, 2.24) is 10.0 Å². The van der Waals surface area contributed by atoms with Gasteiger partial charge in [0.15, 0.2) is 0 Å². The molecule has 4 aliphatic carbocycles. The molecular weight excluding hydrogens is 456 g/mol. The standard InChI is InChI=1S/C26H31ClN2O3S/c1-17(26-13-19-9-20(14-26)11-21(10-19)15-26)29-33(31,32)24-4-2-3-22(12-24)25(30)28-16-18-5-7-23(27)8-6-18/h2-8,12,17,19-21,29H,9-11,13-16H2,1H3,(H,28,30)/t17-,19?,20?,21?,26?/m1/s1. The maximum absolute atomic E-state index is 13.3. The van der Waals surface area contributed by atoms with Crippen LogP contribution in [-0.2, 0) is 16.6 Å². The summed E-state index contributed by atoms with van der Waals surface area (Å²) < 4.78 is 29.5. The first-order valence-electron chi connectivity index (χ1n) is 11.9. The van der Waals surface area contributed by atoms with E-state index in [1.807, 2.05) is 19.1 Å². The molecule has 2 N–H and O–H groups in total. The van der Waals surface area contributed by atoms with Crippen LogP contribution in [0, 0.1) is 23.2 Å². The van der Waals surface area contributed by atoms with Crippen molar-refractivity contribution in [1.29, 1.82) is 0 Å². The summed E-state index contributed by atoms with van der Waals surface area (Å²) in [6, 6.07) is 13.4. The van der Waals surface area contributed by atoms with Gasteiger partial charge in [0, 0.05) is 23.2 Å². The number of sulfonamides is 1. The van der Waals surface area contributed by atoms with Gasteiger partial charge in [-0.25, -0.2) is 13.1 Å². The third kappa shape index (κ3) is 4.71. The number of benzene rings is 2. The molecule has 2 aromatic rings. The molecule has 0 unspecified atom stereocenters. The quantitative estimate of drug-likeness (QED) is 0.568. The van der Waals surface area contributed by atoms with E-state index in [9.17, 15) is 13.2 Å². The van der Waals surface area contributed by atoms with Crippen molar-refractivity contribution in [3.8, 4) is 0 Å². The summed E-state index contributed by atoms with van der Waals surface area (Å²) >= 11 is 5.90. The van der Waals surface area contributed by atoms with E-state index in [0.29, 0.717) is 17.1 Å². The van der Waals surface area contributed by atoms with Crippen molar-refractivity contribution in [2.45, 2.75) is 62.9 Å². The molecule has 4 fully saturated rings. The van der Waals surface area contributed by atoms with Gasteiger partial charge in [-0.1, -0.05) is 29.8 Å². The fourth-order valence-corrected chi connectivity index (χ4v) is 8.34. The molecule has 0 aromatic heterocycles. The maximum Gasteiger partial charge on any atom is 0.251 e. The number of hydrogen-bond acceptors (Lipinski definition) is 3. The van der Waals surface area contributed by atoms with E-state index in [0.717, 1.165) is 42.6 Å². The number of rotatable bonds is 7. The van der Waals surface area contributed by atoms with E-state index in [1.54, 1.807) is 30.3 Å². The minimum atomic E-state index is -3.73. The summed E-state index contributed by atoms with van der Waals surface area (Å²) in [4.78, 5) is 12.8. The van der Waals surface area contributed by atoms with Crippen molar-refractivity contribution in [3.63, 3.8) is 0 Å². The zero-order valence-electron chi connectivity index (χ0n) is 18.9. The Balaban J connectivity index is 1.27. The lowest BCUT2D eigenvalue weighted by atomic mass is 9.48. The Hall–Kier alpha value is -1.89. The molecule has 7 heteroatoms. The SMILES string of the molecule is C[C@@H](NS(=O)(=O)c1cccc(C(=O)NCc2ccc(Cl)cc2)c1)C12CC3CC(CC(C3)C1)C2. The highest BCUT2D eigenvalue weighted by Gasteiger charge is 2.53. The summed E-state index contributed by atoms with van der Waals surface area (Å²) in [5, 5.41) is 3.48. The van der Waals surface area contributed by atoms with Crippen LogP contribution in [0.5, 0.6) is 0 Å². The van der Waals surface area contributed by atoms with E-state index in [-0.39, 0.29) is 22.3 Å². The van der Waals surface area contributed by atoms with Gasteiger partial charge in [-0.2, -0.15) is 0 Å². The van der Waals surface area contributed by atoms with Gasteiger partial charge >= 0.3 is 0 Å². The van der Waals surface area contributed by atoms with Gasteiger partial charge in [-0.3, -0.25) is 4.79 Å². The Labute approximate surface area is 201 Å². The van der Waals surface area contributed by atoms with E-state index in [2.05, 4.69) is 10.0 Å². The lowest BCUT2D eigenvalue weighted by molar-refractivity contribution is -0.0666. The molecule has 4 bridgehead atoms. The number of carbonyl (C=O) groups is 1. The third-order valence-electron chi connectivity index (χ3n) is 8.11. The molecule has 1 amide bonds. The normalized spacial score (nSPS) is 29.1. The summed E-state index contributed by atoms with van der Waals surface area (Å²) in [6.07, 6.45) is 7.38. The van der Waals surface area contributed by atoms with Crippen molar-refractivity contribution >= 4 is 27.5 Å². The number of carbonyl (C=O) groups excluding carboxylic acids is 1. The minimum absolute atomic E-state index is 0.0788. The molecule has 2 aromatic carbocycles. The van der Waals surface area contributed by atoms with Crippen LogP contribution in [-0.4, -0.2) is 20.4 Å². The van der Waals surface area contributed by atoms with E-state index in [4.69, 9.17) is 11.6 Å². The molecule has 0 saturated heterocycles. The van der Waals surface area contributed by atoms with Crippen LogP contribution >= 0.6 is 11.6 Å². The molecule has 1 atom stereocenters. The molecule has 0 radical (unpaired) electrons. The third-order valence-corrected chi connectivity index (χ3v) is 9.90. The maximum atomic E-state index is 13.3. The van der Waals surface area contributed by atoms with Crippen molar-refractivity contribution in [2.75, 3.05) is 0 Å². The zero-order chi connectivity index (χ0) is 23.2. The van der Waals surface area contributed by atoms with Crippen LogP contribution in [0.25, 0.3) is 0 Å². The molecule has 176 valence electrons. The van der Waals surface area contributed by atoms with Crippen LogP contribution in [0.3, 0.4) is 0 Å². The first-order chi connectivity index (χ1) is 15.7. The van der Waals surface area contributed by atoms with Crippen LogP contribution in [0.4, 0.5) is 0 Å². The number of nitrogens with one attached hydrogen (secondary N) is 2. The largest absolute Gasteiger partial charge is 0.348 e. The number of amides is 1. The van der Waals surface area contributed by atoms with Crippen LogP contribution < -0.4 is 10.0 Å². The van der Waals surface area contributed by atoms with Crippen molar-refractivity contribution in [2.24, 2.45) is 23.2 Å². The predicted molar refractivity (Wildman–Crippen MR) is 129 cm³/mol. The second kappa shape index (κ2) is 8.71. The second-order valence-electron chi connectivity index (χ2n) is 10.5. The topological polar surface area (TPSA) is 75.3 Å². The summed E-state index contributed by atoms with van der Waals surface area (Å²) in [5.41, 5.74) is 1.33. The Kier molecular flexibility index (Phi) is 6.04. The first kappa shape index (κ1) is 22.9. The molecule has 4 saturated carbocycles. The highest BCUT2D eigenvalue weighted by Crippen LogP contribution is 2.61. The van der Waals surface area contributed by atoms with Gasteiger partial charge in [-0.05, 0) is 105 Å². The number of halogens is 1. The molecular formula is C26H31ClN2O3S. The Morgan fingerprint density at radius 3 is 2.24 bits per heavy atom. The molecule has 0 aliphatic heterocycles. The van der Waals surface area contributed by atoms with Crippen LogP contribution in [0.1, 0.15) is 61.4 Å². The zero-order valence-corrected chi connectivity index (χ0v) is 20.5. The van der Waals surface area contributed by atoms with Gasteiger partial charge in [0.25, 0.3) is 5.91 Å². The molecule has 4 aliphatic rings. The second-order valence-corrected chi connectivity index (χ2v) is 12.6. The lowest BCUT2D eigenvalue weighted by Gasteiger charge is -2.59. The van der Waals surface area contributed by atoms with Gasteiger partial charge in [-0.15, -0.1) is 0 Å². The average Bonchev–Trinajstić information content (AvgIpc) is 2.77. The summed E-state index contributed by atoms with van der Waals surface area (Å²) in [6.45, 7) is 2.38. The average molecular weight is 487 g/mol. The van der Waals surface area contributed by atoms with Crippen molar-refractivity contribution < 1.29 is 13.2 Å². The molecule has 0 heterocycles. The predicted octanol–water partition coefficient (Wildman–Crippen LogP) is 5.15. The summed E-state index contributed by atoms with van der Waals surface area (Å²) in [7, 11) is -3.73. The van der Waals surface area contributed by atoms with E-state index >= 15 is 0 Å². The molecule has 5 nitrogen and oxygen atoms in total. The Morgan fingerprint density at radius 2 is 1.64 bits per heavy atom. The fourth-order valence-electron chi connectivity index (χ4n) is 6.82. The highest BCUT2D eigenvalue weighted by atomic mass is 35.5. The molecule has 0 spiro atoms. The highest BCUT2D eigenvalue weighted by molar-refractivity contribution is 7.89. The van der Waals surface area contributed by atoms with Gasteiger partial charge in [0.05, 0.1) is 4.90 Å².